The number of aryl methyl sites for hydroxylation is 1. The fourth-order valence-corrected chi connectivity index (χ4v) is 6.23. The van der Waals surface area contributed by atoms with Crippen LogP contribution in [0.5, 0.6) is 0 Å². The van der Waals surface area contributed by atoms with Gasteiger partial charge in [-0.25, -0.2) is 0 Å². The highest BCUT2D eigenvalue weighted by molar-refractivity contribution is 6.08. The highest BCUT2D eigenvalue weighted by Crippen LogP contribution is 2.60. The first-order chi connectivity index (χ1) is 16.0. The minimum absolute atomic E-state index is 0.0585. The average molecular weight is 437 g/mol. The molecule has 5 nitrogen and oxygen atoms in total. The van der Waals surface area contributed by atoms with Crippen LogP contribution in [0.25, 0.3) is 0 Å². The van der Waals surface area contributed by atoms with E-state index in [1.165, 1.54) is 16.7 Å². The molecule has 2 bridgehead atoms. The van der Waals surface area contributed by atoms with Crippen molar-refractivity contribution in [1.29, 1.82) is 0 Å². The summed E-state index contributed by atoms with van der Waals surface area (Å²) in [5, 5.41) is 0. The maximum atomic E-state index is 13.8. The minimum atomic E-state index is -0.432. The number of imide groups is 1. The summed E-state index contributed by atoms with van der Waals surface area (Å²) in [7, 11) is 0. The van der Waals surface area contributed by atoms with Crippen molar-refractivity contribution >= 4 is 23.4 Å². The molecule has 0 spiro atoms. The molecule has 3 aliphatic carbocycles. The van der Waals surface area contributed by atoms with E-state index in [0.717, 1.165) is 33.5 Å². The summed E-state index contributed by atoms with van der Waals surface area (Å²) >= 11 is 0. The topological polar surface area (TPSA) is 57.7 Å². The molecule has 33 heavy (non-hydrogen) atoms. The van der Waals surface area contributed by atoms with Gasteiger partial charge in [-0.3, -0.25) is 24.2 Å². The van der Waals surface area contributed by atoms with Crippen LogP contribution in [0.1, 0.15) is 46.6 Å². The third-order valence-corrected chi connectivity index (χ3v) is 7.61. The van der Waals surface area contributed by atoms with Gasteiger partial charge in [-0.1, -0.05) is 66.7 Å². The molecule has 3 aromatic rings. The standard InChI is InChI=1S/C28H24N2O3/c1-16-9-3-8-14-22(16)29(17(2)31)15-30-27(32)25-23-18-10-4-5-11-19(18)24(26(25)28(30)33)21-13-7-6-12-20(21)23/h3-14,23-26H,15H2,1-2H3/t23?,24?,25-,26-/m0/s1. The number of likely N-dealkylation sites (tertiary alicyclic amines) is 1. The smallest absolute Gasteiger partial charge is 0.235 e. The average Bonchev–Trinajstić information content (AvgIpc) is 3.08. The molecular weight excluding hydrogens is 412 g/mol. The van der Waals surface area contributed by atoms with Crippen molar-refractivity contribution < 1.29 is 14.4 Å². The highest BCUT2D eigenvalue weighted by Gasteiger charge is 2.61. The van der Waals surface area contributed by atoms with Crippen molar-refractivity contribution in [3.05, 3.63) is 101 Å². The number of anilines is 1. The van der Waals surface area contributed by atoms with Crippen LogP contribution in [0.3, 0.4) is 0 Å². The lowest BCUT2D eigenvalue weighted by Gasteiger charge is -2.45. The summed E-state index contributed by atoms with van der Waals surface area (Å²) in [6.45, 7) is 3.34. The summed E-state index contributed by atoms with van der Waals surface area (Å²) < 4.78 is 0. The Hall–Kier alpha value is -3.73. The summed E-state index contributed by atoms with van der Waals surface area (Å²) in [6, 6.07) is 23.9. The van der Waals surface area contributed by atoms with Crippen LogP contribution in [0.15, 0.2) is 72.8 Å². The van der Waals surface area contributed by atoms with Gasteiger partial charge in [-0.15, -0.1) is 0 Å². The first-order valence-electron chi connectivity index (χ1n) is 11.4. The fourth-order valence-electron chi connectivity index (χ4n) is 6.23. The van der Waals surface area contributed by atoms with Crippen LogP contribution in [0, 0.1) is 18.8 Å². The Balaban J connectivity index is 1.44. The van der Waals surface area contributed by atoms with Crippen LogP contribution in [0.2, 0.25) is 0 Å². The molecule has 0 N–H and O–H groups in total. The molecule has 0 radical (unpaired) electrons. The Kier molecular flexibility index (Phi) is 4.31. The zero-order chi connectivity index (χ0) is 22.9. The minimum Gasteiger partial charge on any atom is -0.294 e. The molecule has 1 saturated heterocycles. The summed E-state index contributed by atoms with van der Waals surface area (Å²) in [6.07, 6.45) is 0. The van der Waals surface area contributed by atoms with E-state index in [-0.39, 0.29) is 36.2 Å². The second-order valence-corrected chi connectivity index (χ2v) is 9.24. The zero-order valence-corrected chi connectivity index (χ0v) is 18.6. The predicted octanol–water partition coefficient (Wildman–Crippen LogP) is 4.20. The van der Waals surface area contributed by atoms with Gasteiger partial charge in [0.25, 0.3) is 0 Å². The van der Waals surface area contributed by atoms with Crippen molar-refractivity contribution in [1.82, 2.24) is 4.90 Å². The van der Waals surface area contributed by atoms with Crippen molar-refractivity contribution in [3.63, 3.8) is 0 Å². The Morgan fingerprint density at radius 1 is 0.758 bits per heavy atom. The quantitative estimate of drug-likeness (QED) is 0.579. The Labute approximate surface area is 192 Å². The maximum Gasteiger partial charge on any atom is 0.235 e. The number of hydrogen-bond donors (Lipinski definition) is 0. The number of carbonyl (C=O) groups excluding carboxylic acids is 3. The van der Waals surface area contributed by atoms with E-state index in [9.17, 15) is 14.4 Å². The predicted molar refractivity (Wildman–Crippen MR) is 125 cm³/mol. The molecule has 0 saturated carbocycles. The molecule has 3 aromatic carbocycles. The molecule has 3 amide bonds. The first-order valence-corrected chi connectivity index (χ1v) is 11.4. The van der Waals surface area contributed by atoms with Crippen LogP contribution in [-0.4, -0.2) is 29.3 Å². The maximum absolute atomic E-state index is 13.8. The number of benzene rings is 3. The lowest BCUT2D eigenvalue weighted by molar-refractivity contribution is -0.140. The highest BCUT2D eigenvalue weighted by atomic mass is 16.2. The Morgan fingerprint density at radius 3 is 1.61 bits per heavy atom. The summed E-state index contributed by atoms with van der Waals surface area (Å²) in [4.78, 5) is 43.0. The number of nitrogens with zero attached hydrogens (tertiary/aromatic N) is 2. The molecule has 4 aliphatic rings. The molecule has 1 aliphatic heterocycles. The second kappa shape index (κ2) is 7.14. The van der Waals surface area contributed by atoms with Gasteiger partial charge in [0.1, 0.15) is 6.67 Å². The van der Waals surface area contributed by atoms with Gasteiger partial charge >= 0.3 is 0 Å². The molecule has 1 fully saturated rings. The molecule has 0 aromatic heterocycles. The monoisotopic (exact) mass is 436 g/mol. The third-order valence-electron chi connectivity index (χ3n) is 7.61. The number of hydrogen-bond acceptors (Lipinski definition) is 3. The van der Waals surface area contributed by atoms with Gasteiger partial charge in [0, 0.05) is 24.4 Å². The lowest BCUT2D eigenvalue weighted by atomic mass is 9.55. The van der Waals surface area contributed by atoms with E-state index in [1.807, 2.05) is 55.5 Å². The zero-order valence-electron chi connectivity index (χ0n) is 18.6. The molecule has 0 unspecified atom stereocenters. The van der Waals surface area contributed by atoms with E-state index < -0.39 is 11.8 Å². The fraction of sp³-hybridized carbons (Fsp3) is 0.250. The van der Waals surface area contributed by atoms with Crippen molar-refractivity contribution in [2.45, 2.75) is 25.7 Å². The number of rotatable bonds is 3. The van der Waals surface area contributed by atoms with E-state index in [1.54, 1.807) is 0 Å². The molecule has 164 valence electrons. The lowest BCUT2D eigenvalue weighted by Crippen LogP contribution is -2.44. The third kappa shape index (κ3) is 2.68. The first kappa shape index (κ1) is 19.9. The number of amides is 3. The Morgan fingerprint density at radius 2 is 1.18 bits per heavy atom. The largest absolute Gasteiger partial charge is 0.294 e. The van der Waals surface area contributed by atoms with Gasteiger partial charge in [-0.2, -0.15) is 0 Å². The van der Waals surface area contributed by atoms with Gasteiger partial charge in [-0.05, 0) is 40.8 Å². The normalized spacial score (nSPS) is 24.4. The van der Waals surface area contributed by atoms with E-state index in [2.05, 4.69) is 24.3 Å². The summed E-state index contributed by atoms with van der Waals surface area (Å²) in [5.74, 6) is -1.70. The molecule has 2 atom stereocenters. The molecule has 5 heteroatoms. The number of carbonyl (C=O) groups is 3. The van der Waals surface area contributed by atoms with Crippen molar-refractivity contribution in [3.8, 4) is 0 Å². The second-order valence-electron chi connectivity index (χ2n) is 9.24. The van der Waals surface area contributed by atoms with Crippen molar-refractivity contribution in [2.24, 2.45) is 11.8 Å². The summed E-state index contributed by atoms with van der Waals surface area (Å²) in [5.41, 5.74) is 6.22. The molecule has 7 rings (SSSR count). The van der Waals surface area contributed by atoms with Crippen molar-refractivity contribution in [2.75, 3.05) is 11.6 Å². The van der Waals surface area contributed by atoms with Gasteiger partial charge < -0.3 is 0 Å². The van der Waals surface area contributed by atoms with Gasteiger partial charge in [0.05, 0.1) is 11.8 Å². The van der Waals surface area contributed by atoms with Crippen LogP contribution >= 0.6 is 0 Å². The van der Waals surface area contributed by atoms with Crippen LogP contribution < -0.4 is 4.90 Å². The van der Waals surface area contributed by atoms with E-state index in [0.29, 0.717) is 0 Å². The van der Waals surface area contributed by atoms with Crippen LogP contribution in [-0.2, 0) is 14.4 Å². The SMILES string of the molecule is CC(=O)N(CN1C(=O)[C@H]2C3c4ccccc4C(c4ccccc43)[C@@H]2C1=O)c1ccccc1C. The van der Waals surface area contributed by atoms with Crippen LogP contribution in [0.4, 0.5) is 5.69 Å². The Bertz CT molecular complexity index is 1210. The molecule has 1 heterocycles. The van der Waals surface area contributed by atoms with E-state index in [4.69, 9.17) is 0 Å². The molecular formula is C28H24N2O3. The van der Waals surface area contributed by atoms with Gasteiger partial charge in [0.15, 0.2) is 0 Å². The van der Waals surface area contributed by atoms with E-state index >= 15 is 0 Å². The van der Waals surface area contributed by atoms with Gasteiger partial charge in [0.2, 0.25) is 17.7 Å². The number of para-hydroxylation sites is 1.